The summed E-state index contributed by atoms with van der Waals surface area (Å²) in [5.74, 6) is 0. The van der Waals surface area contributed by atoms with Gasteiger partial charge in [0.1, 0.15) is 6.07 Å². The minimum Gasteiger partial charge on any atom is -0.336 e. The molecule has 0 radical (unpaired) electrons. The first-order valence-electron chi connectivity index (χ1n) is 5.44. The number of hydrogen-bond acceptors (Lipinski definition) is 4. The summed E-state index contributed by atoms with van der Waals surface area (Å²) in [7, 11) is 0. The second kappa shape index (κ2) is 5.62. The number of imidazole rings is 1. The number of aromatic nitrogens is 2. The molecule has 2 aromatic heterocycles. The molecule has 0 aromatic carbocycles. The van der Waals surface area contributed by atoms with Gasteiger partial charge in [-0.05, 0) is 13.0 Å². The van der Waals surface area contributed by atoms with E-state index >= 15 is 0 Å². The SMILES string of the molecule is CC(Cn1ccnc1)NCc1cc(C#N)cs1. The number of hydrogen-bond donors (Lipinski definition) is 1. The Balaban J connectivity index is 1.80. The molecule has 0 spiro atoms. The summed E-state index contributed by atoms with van der Waals surface area (Å²) in [6.45, 7) is 3.84. The number of thiophene rings is 1. The van der Waals surface area contributed by atoms with Crippen LogP contribution in [0, 0.1) is 11.3 Å². The fraction of sp³-hybridized carbons (Fsp3) is 0.333. The van der Waals surface area contributed by atoms with E-state index in [1.807, 2.05) is 28.5 Å². The van der Waals surface area contributed by atoms with Gasteiger partial charge in [-0.25, -0.2) is 4.98 Å². The van der Waals surface area contributed by atoms with E-state index in [0.717, 1.165) is 18.7 Å². The lowest BCUT2D eigenvalue weighted by Crippen LogP contribution is -2.29. The molecule has 0 saturated carbocycles. The quantitative estimate of drug-likeness (QED) is 0.878. The number of rotatable bonds is 5. The van der Waals surface area contributed by atoms with Crippen LogP contribution in [0.5, 0.6) is 0 Å². The third-order valence-corrected chi connectivity index (χ3v) is 3.39. The molecule has 1 atom stereocenters. The molecule has 2 aromatic rings. The van der Waals surface area contributed by atoms with E-state index in [0.29, 0.717) is 6.04 Å². The topological polar surface area (TPSA) is 53.6 Å². The predicted molar refractivity (Wildman–Crippen MR) is 67.6 cm³/mol. The van der Waals surface area contributed by atoms with Gasteiger partial charge in [-0.2, -0.15) is 5.26 Å². The summed E-state index contributed by atoms with van der Waals surface area (Å²) in [4.78, 5) is 5.20. The molecule has 5 heteroatoms. The molecular weight excluding hydrogens is 232 g/mol. The van der Waals surface area contributed by atoms with Crippen LogP contribution in [0.2, 0.25) is 0 Å². The van der Waals surface area contributed by atoms with E-state index in [4.69, 9.17) is 5.26 Å². The van der Waals surface area contributed by atoms with Crippen LogP contribution in [0.4, 0.5) is 0 Å². The maximum absolute atomic E-state index is 8.73. The summed E-state index contributed by atoms with van der Waals surface area (Å²) < 4.78 is 2.05. The van der Waals surface area contributed by atoms with Gasteiger partial charge in [-0.3, -0.25) is 0 Å². The fourth-order valence-corrected chi connectivity index (χ4v) is 2.34. The Morgan fingerprint density at radius 1 is 1.65 bits per heavy atom. The molecule has 4 nitrogen and oxygen atoms in total. The van der Waals surface area contributed by atoms with Gasteiger partial charge < -0.3 is 9.88 Å². The van der Waals surface area contributed by atoms with Gasteiger partial charge in [-0.1, -0.05) is 0 Å². The van der Waals surface area contributed by atoms with Crippen molar-refractivity contribution in [1.29, 1.82) is 5.26 Å². The van der Waals surface area contributed by atoms with Crippen molar-refractivity contribution in [2.45, 2.75) is 26.1 Å². The highest BCUT2D eigenvalue weighted by atomic mass is 32.1. The average Bonchev–Trinajstić information content (AvgIpc) is 2.96. The lowest BCUT2D eigenvalue weighted by Gasteiger charge is -2.13. The van der Waals surface area contributed by atoms with Crippen LogP contribution in [0.3, 0.4) is 0 Å². The number of nitrogens with one attached hydrogen (secondary N) is 1. The van der Waals surface area contributed by atoms with E-state index in [2.05, 4.69) is 23.3 Å². The molecule has 1 unspecified atom stereocenters. The zero-order valence-corrected chi connectivity index (χ0v) is 10.4. The Labute approximate surface area is 105 Å². The Morgan fingerprint density at radius 2 is 2.53 bits per heavy atom. The van der Waals surface area contributed by atoms with Gasteiger partial charge in [-0.15, -0.1) is 11.3 Å². The van der Waals surface area contributed by atoms with Gasteiger partial charge in [0, 0.05) is 41.8 Å². The van der Waals surface area contributed by atoms with Crippen molar-refractivity contribution in [2.24, 2.45) is 0 Å². The molecule has 2 heterocycles. The Morgan fingerprint density at radius 3 is 3.18 bits per heavy atom. The second-order valence-corrected chi connectivity index (χ2v) is 4.95. The zero-order valence-electron chi connectivity index (χ0n) is 9.63. The smallest absolute Gasteiger partial charge is 0.100 e. The zero-order chi connectivity index (χ0) is 12.1. The molecule has 0 bridgehead atoms. The molecule has 0 aliphatic heterocycles. The average molecular weight is 246 g/mol. The number of nitriles is 1. The lowest BCUT2D eigenvalue weighted by molar-refractivity contribution is 0.478. The third kappa shape index (κ3) is 3.41. The minimum atomic E-state index is 0.372. The Hall–Kier alpha value is -1.64. The summed E-state index contributed by atoms with van der Waals surface area (Å²) >= 11 is 1.62. The molecule has 1 N–H and O–H groups in total. The van der Waals surface area contributed by atoms with E-state index in [1.165, 1.54) is 4.88 Å². The summed E-state index contributed by atoms with van der Waals surface area (Å²) in [5, 5.41) is 14.0. The van der Waals surface area contributed by atoms with Crippen molar-refractivity contribution in [3.8, 4) is 6.07 Å². The normalized spacial score (nSPS) is 12.2. The number of nitrogens with zero attached hydrogens (tertiary/aromatic N) is 3. The standard InChI is InChI=1S/C12H14N4S/c1-10(7-16-3-2-14-9-16)15-6-12-4-11(5-13)8-17-12/h2-4,8-10,15H,6-7H2,1H3. The highest BCUT2D eigenvalue weighted by Gasteiger charge is 2.04. The molecule has 2 rings (SSSR count). The van der Waals surface area contributed by atoms with E-state index in [-0.39, 0.29) is 0 Å². The maximum atomic E-state index is 8.73. The first kappa shape index (κ1) is 11.8. The maximum Gasteiger partial charge on any atom is 0.100 e. The van der Waals surface area contributed by atoms with Gasteiger partial charge in [0.25, 0.3) is 0 Å². The van der Waals surface area contributed by atoms with Crippen molar-refractivity contribution < 1.29 is 0 Å². The largest absolute Gasteiger partial charge is 0.336 e. The highest BCUT2D eigenvalue weighted by Crippen LogP contribution is 2.13. The molecule has 17 heavy (non-hydrogen) atoms. The summed E-state index contributed by atoms with van der Waals surface area (Å²) in [6, 6.07) is 4.45. The highest BCUT2D eigenvalue weighted by molar-refractivity contribution is 7.10. The molecule has 0 saturated heterocycles. The Kier molecular flexibility index (Phi) is 3.91. The van der Waals surface area contributed by atoms with Crippen LogP contribution in [-0.2, 0) is 13.1 Å². The predicted octanol–water partition coefficient (Wildman–Crippen LogP) is 1.99. The molecule has 0 aliphatic rings. The van der Waals surface area contributed by atoms with E-state index in [1.54, 1.807) is 17.5 Å². The van der Waals surface area contributed by atoms with E-state index in [9.17, 15) is 0 Å². The van der Waals surface area contributed by atoms with Gasteiger partial charge >= 0.3 is 0 Å². The second-order valence-electron chi connectivity index (χ2n) is 3.95. The van der Waals surface area contributed by atoms with Crippen molar-refractivity contribution in [1.82, 2.24) is 14.9 Å². The first-order chi connectivity index (χ1) is 8.28. The van der Waals surface area contributed by atoms with Gasteiger partial charge in [0.05, 0.1) is 11.9 Å². The van der Waals surface area contributed by atoms with Crippen molar-refractivity contribution in [3.63, 3.8) is 0 Å². The Bertz CT molecular complexity index is 495. The van der Waals surface area contributed by atoms with Crippen LogP contribution >= 0.6 is 11.3 Å². The molecule has 88 valence electrons. The van der Waals surface area contributed by atoms with E-state index < -0.39 is 0 Å². The minimum absolute atomic E-state index is 0.372. The van der Waals surface area contributed by atoms with Crippen molar-refractivity contribution in [2.75, 3.05) is 0 Å². The molecule has 0 amide bonds. The third-order valence-electron chi connectivity index (χ3n) is 2.45. The van der Waals surface area contributed by atoms with Gasteiger partial charge in [0.15, 0.2) is 0 Å². The molecule has 0 fully saturated rings. The van der Waals surface area contributed by atoms with Crippen molar-refractivity contribution >= 4 is 11.3 Å². The summed E-state index contributed by atoms with van der Waals surface area (Å²) in [5.41, 5.74) is 0.745. The fourth-order valence-electron chi connectivity index (χ4n) is 1.58. The monoisotopic (exact) mass is 246 g/mol. The van der Waals surface area contributed by atoms with Crippen LogP contribution in [0.1, 0.15) is 17.4 Å². The van der Waals surface area contributed by atoms with Crippen LogP contribution in [0.25, 0.3) is 0 Å². The van der Waals surface area contributed by atoms with Gasteiger partial charge in [0.2, 0.25) is 0 Å². The van der Waals surface area contributed by atoms with Crippen molar-refractivity contribution in [3.05, 3.63) is 40.6 Å². The van der Waals surface area contributed by atoms with Crippen LogP contribution in [-0.4, -0.2) is 15.6 Å². The molecule has 0 aliphatic carbocycles. The summed E-state index contributed by atoms with van der Waals surface area (Å²) in [6.07, 6.45) is 5.55. The van der Waals surface area contributed by atoms with Crippen LogP contribution in [0.15, 0.2) is 30.2 Å². The van der Waals surface area contributed by atoms with Crippen LogP contribution < -0.4 is 5.32 Å². The first-order valence-corrected chi connectivity index (χ1v) is 6.32. The molecular formula is C12H14N4S. The lowest BCUT2D eigenvalue weighted by atomic mass is 10.3.